The number of hydrogen-bond donors (Lipinski definition) is 2. The van der Waals surface area contributed by atoms with Crippen LogP contribution in [0.25, 0.3) is 0 Å². The van der Waals surface area contributed by atoms with Crippen LogP contribution in [0.4, 0.5) is 4.79 Å². The van der Waals surface area contributed by atoms with Gasteiger partial charge >= 0.3 is 12.1 Å². The lowest BCUT2D eigenvalue weighted by atomic mass is 10.3. The number of amides is 1. The molecule has 11 heavy (non-hydrogen) atoms. The van der Waals surface area contributed by atoms with Crippen molar-refractivity contribution < 1.29 is 19.8 Å². The zero-order valence-corrected chi connectivity index (χ0v) is 5.60. The van der Waals surface area contributed by atoms with E-state index in [4.69, 9.17) is 10.2 Å². The molecule has 1 heterocycles. The van der Waals surface area contributed by atoms with Gasteiger partial charge in [0.25, 0.3) is 0 Å². The van der Waals surface area contributed by atoms with E-state index in [1.807, 2.05) is 0 Å². The van der Waals surface area contributed by atoms with E-state index in [0.29, 0.717) is 0 Å². The molecule has 1 aliphatic rings. The third-order valence-electron chi connectivity index (χ3n) is 1.45. The van der Waals surface area contributed by atoms with Crippen LogP contribution in [0.2, 0.25) is 0 Å². The summed E-state index contributed by atoms with van der Waals surface area (Å²) in [7, 11) is 0. The Hall–Kier alpha value is -1.52. The van der Waals surface area contributed by atoms with Gasteiger partial charge in [0.2, 0.25) is 0 Å². The van der Waals surface area contributed by atoms with Gasteiger partial charge in [-0.25, -0.2) is 9.59 Å². The second-order valence-electron chi connectivity index (χ2n) is 2.15. The zero-order valence-electron chi connectivity index (χ0n) is 5.60. The van der Waals surface area contributed by atoms with Crippen LogP contribution in [0.3, 0.4) is 0 Å². The van der Waals surface area contributed by atoms with Gasteiger partial charge in [-0.3, -0.25) is 4.90 Å². The maximum Gasteiger partial charge on any atom is 0.408 e. The third kappa shape index (κ3) is 1.31. The molecular weight excluding hydrogens is 150 g/mol. The van der Waals surface area contributed by atoms with Gasteiger partial charge in [0, 0.05) is 6.54 Å². The van der Waals surface area contributed by atoms with Gasteiger partial charge in [-0.05, 0) is 0 Å². The van der Waals surface area contributed by atoms with E-state index in [9.17, 15) is 9.59 Å². The molecule has 0 spiro atoms. The molecular formula is C6H7NO4. The monoisotopic (exact) mass is 157 g/mol. The molecule has 5 nitrogen and oxygen atoms in total. The molecule has 5 heteroatoms. The Morgan fingerprint density at radius 2 is 2.09 bits per heavy atom. The highest BCUT2D eigenvalue weighted by Crippen LogP contribution is 2.09. The first-order valence-electron chi connectivity index (χ1n) is 3.02. The SMILES string of the molecule is O=C(O)C1C=CCN1C(=O)O. The molecule has 0 aromatic rings. The zero-order chi connectivity index (χ0) is 8.43. The van der Waals surface area contributed by atoms with Crippen molar-refractivity contribution in [3.05, 3.63) is 12.2 Å². The summed E-state index contributed by atoms with van der Waals surface area (Å²) in [5.74, 6) is -1.14. The second kappa shape index (κ2) is 2.61. The average Bonchev–Trinajstić information content (AvgIpc) is 2.32. The van der Waals surface area contributed by atoms with E-state index < -0.39 is 18.1 Å². The molecule has 0 fully saturated rings. The van der Waals surface area contributed by atoms with Crippen LogP contribution in [-0.2, 0) is 4.79 Å². The van der Waals surface area contributed by atoms with Gasteiger partial charge in [-0.2, -0.15) is 0 Å². The van der Waals surface area contributed by atoms with Gasteiger partial charge in [-0.1, -0.05) is 12.2 Å². The molecule has 1 amide bonds. The first-order chi connectivity index (χ1) is 5.13. The Bertz CT molecular complexity index is 223. The van der Waals surface area contributed by atoms with Gasteiger partial charge in [0.15, 0.2) is 6.04 Å². The first-order valence-corrected chi connectivity index (χ1v) is 3.02. The molecule has 1 atom stereocenters. The van der Waals surface area contributed by atoms with Crippen molar-refractivity contribution in [1.82, 2.24) is 4.90 Å². The van der Waals surface area contributed by atoms with E-state index >= 15 is 0 Å². The summed E-state index contributed by atoms with van der Waals surface area (Å²) in [4.78, 5) is 21.5. The molecule has 1 aliphatic heterocycles. The molecule has 0 aliphatic carbocycles. The molecule has 60 valence electrons. The normalized spacial score (nSPS) is 22.2. The molecule has 0 radical (unpaired) electrons. The van der Waals surface area contributed by atoms with Crippen LogP contribution in [0, 0.1) is 0 Å². The van der Waals surface area contributed by atoms with Crippen molar-refractivity contribution in [3.63, 3.8) is 0 Å². The van der Waals surface area contributed by atoms with E-state index in [0.717, 1.165) is 4.90 Å². The molecule has 0 bridgehead atoms. The second-order valence-corrected chi connectivity index (χ2v) is 2.15. The van der Waals surface area contributed by atoms with Crippen molar-refractivity contribution >= 4 is 12.1 Å². The van der Waals surface area contributed by atoms with Crippen LogP contribution in [0.1, 0.15) is 0 Å². The Morgan fingerprint density at radius 3 is 2.45 bits per heavy atom. The number of aliphatic carboxylic acids is 1. The van der Waals surface area contributed by atoms with Gasteiger partial charge < -0.3 is 10.2 Å². The maximum absolute atomic E-state index is 10.4. The minimum absolute atomic E-state index is 0.159. The highest BCUT2D eigenvalue weighted by atomic mass is 16.4. The largest absolute Gasteiger partial charge is 0.479 e. The number of carboxylic acids is 1. The van der Waals surface area contributed by atoms with E-state index in [2.05, 4.69) is 0 Å². The number of carboxylic acid groups (broad SMARTS) is 2. The minimum Gasteiger partial charge on any atom is -0.479 e. The molecule has 0 aromatic heterocycles. The molecule has 0 saturated heterocycles. The topological polar surface area (TPSA) is 77.8 Å². The molecule has 0 saturated carbocycles. The quantitative estimate of drug-likeness (QED) is 0.525. The Kier molecular flexibility index (Phi) is 1.80. The fourth-order valence-electron chi connectivity index (χ4n) is 0.933. The fraction of sp³-hybridized carbons (Fsp3) is 0.333. The lowest BCUT2D eigenvalue weighted by Crippen LogP contribution is -2.39. The number of rotatable bonds is 1. The standard InChI is InChI=1S/C6H7NO4/c8-5(9)4-2-1-3-7(4)6(10)11/h1-2,4H,3H2,(H,8,9)(H,10,11). The maximum atomic E-state index is 10.4. The van der Waals surface area contributed by atoms with Crippen LogP contribution in [0.5, 0.6) is 0 Å². The van der Waals surface area contributed by atoms with Crippen LogP contribution in [0.15, 0.2) is 12.2 Å². The van der Waals surface area contributed by atoms with Crippen molar-refractivity contribution in [2.75, 3.05) is 6.54 Å². The highest BCUT2D eigenvalue weighted by molar-refractivity contribution is 5.82. The van der Waals surface area contributed by atoms with E-state index in [1.54, 1.807) is 0 Å². The summed E-state index contributed by atoms with van der Waals surface area (Å²) in [5.41, 5.74) is 0. The van der Waals surface area contributed by atoms with Gasteiger partial charge in [-0.15, -0.1) is 0 Å². The minimum atomic E-state index is -1.21. The Morgan fingerprint density at radius 1 is 1.45 bits per heavy atom. The summed E-state index contributed by atoms with van der Waals surface area (Å²) in [6.07, 6.45) is 1.67. The van der Waals surface area contributed by atoms with Crippen LogP contribution in [-0.4, -0.2) is 39.8 Å². The molecule has 2 N–H and O–H groups in total. The van der Waals surface area contributed by atoms with Crippen molar-refractivity contribution in [2.45, 2.75) is 6.04 Å². The van der Waals surface area contributed by atoms with Crippen molar-refractivity contribution in [1.29, 1.82) is 0 Å². The van der Waals surface area contributed by atoms with E-state index in [-0.39, 0.29) is 6.54 Å². The predicted molar refractivity (Wildman–Crippen MR) is 35.3 cm³/mol. The summed E-state index contributed by atoms with van der Waals surface area (Å²) in [6, 6.07) is -1.01. The molecule has 1 unspecified atom stereocenters. The Labute approximate surface area is 62.5 Å². The van der Waals surface area contributed by atoms with Gasteiger partial charge in [0.1, 0.15) is 0 Å². The summed E-state index contributed by atoms with van der Waals surface area (Å²) in [6.45, 7) is 0.159. The van der Waals surface area contributed by atoms with Crippen LogP contribution >= 0.6 is 0 Å². The number of carbonyl (C=O) groups is 2. The number of hydrogen-bond acceptors (Lipinski definition) is 2. The van der Waals surface area contributed by atoms with Gasteiger partial charge in [0.05, 0.1) is 0 Å². The summed E-state index contributed by atoms with van der Waals surface area (Å²) < 4.78 is 0. The Balaban J connectivity index is 2.71. The lowest BCUT2D eigenvalue weighted by molar-refractivity contribution is -0.140. The van der Waals surface area contributed by atoms with Crippen molar-refractivity contribution in [2.24, 2.45) is 0 Å². The summed E-state index contributed by atoms with van der Waals surface area (Å²) >= 11 is 0. The molecule has 0 aromatic carbocycles. The van der Waals surface area contributed by atoms with Crippen LogP contribution < -0.4 is 0 Å². The molecule has 1 rings (SSSR count). The first kappa shape index (κ1) is 7.59. The number of nitrogens with zero attached hydrogens (tertiary/aromatic N) is 1. The third-order valence-corrected chi connectivity index (χ3v) is 1.45. The average molecular weight is 157 g/mol. The smallest absolute Gasteiger partial charge is 0.408 e. The van der Waals surface area contributed by atoms with E-state index in [1.165, 1.54) is 12.2 Å². The lowest BCUT2D eigenvalue weighted by Gasteiger charge is -2.16. The summed E-state index contributed by atoms with van der Waals surface area (Å²) in [5, 5.41) is 16.9. The fourth-order valence-corrected chi connectivity index (χ4v) is 0.933. The van der Waals surface area contributed by atoms with Crippen molar-refractivity contribution in [3.8, 4) is 0 Å². The predicted octanol–water partition coefficient (Wildman–Crippen LogP) is -0.0106. The highest BCUT2D eigenvalue weighted by Gasteiger charge is 2.29.